The lowest BCUT2D eigenvalue weighted by molar-refractivity contribution is -0.126. The molecular weight excluding hydrogens is 386 g/mol. The third-order valence-electron chi connectivity index (χ3n) is 6.82. The molecule has 2 N–H and O–H groups in total. The largest absolute Gasteiger partial charge is 0.390 e. The van der Waals surface area contributed by atoms with Crippen LogP contribution in [0.3, 0.4) is 0 Å². The topological polar surface area (TPSA) is 72.9 Å². The molecule has 1 spiro atoms. The number of likely N-dealkylation sites (tertiary alicyclic amines) is 1. The lowest BCUT2D eigenvalue weighted by atomic mass is 9.72. The van der Waals surface area contributed by atoms with Crippen molar-refractivity contribution in [2.24, 2.45) is 0 Å². The number of piperidine rings is 1. The van der Waals surface area contributed by atoms with Crippen LogP contribution in [0.2, 0.25) is 0 Å². The third-order valence-corrected chi connectivity index (χ3v) is 7.68. The van der Waals surface area contributed by atoms with Crippen LogP contribution in [0.4, 0.5) is 0 Å². The van der Waals surface area contributed by atoms with Crippen LogP contribution >= 0.6 is 11.3 Å². The van der Waals surface area contributed by atoms with Crippen molar-refractivity contribution in [1.82, 2.24) is 15.1 Å². The minimum absolute atomic E-state index is 0.0123. The molecule has 6 nitrogen and oxygen atoms in total. The Kier molecular flexibility index (Phi) is 4.69. The van der Waals surface area contributed by atoms with Crippen LogP contribution < -0.4 is 5.32 Å². The molecule has 2 atom stereocenters. The molecule has 0 saturated carbocycles. The van der Waals surface area contributed by atoms with Gasteiger partial charge in [-0.05, 0) is 35.4 Å². The van der Waals surface area contributed by atoms with Crippen LogP contribution in [0, 0.1) is 0 Å². The van der Waals surface area contributed by atoms with Gasteiger partial charge in [-0.1, -0.05) is 30.3 Å². The van der Waals surface area contributed by atoms with Crippen LogP contribution in [0.25, 0.3) is 0 Å². The summed E-state index contributed by atoms with van der Waals surface area (Å²) in [5.74, 6) is 0.0955. The first kappa shape index (κ1) is 18.8. The van der Waals surface area contributed by atoms with Crippen LogP contribution in [-0.4, -0.2) is 65.5 Å². The van der Waals surface area contributed by atoms with Gasteiger partial charge in [-0.2, -0.15) is 0 Å². The van der Waals surface area contributed by atoms with Crippen LogP contribution in [-0.2, 0) is 10.2 Å². The fourth-order valence-electron chi connectivity index (χ4n) is 5.36. The Hall–Kier alpha value is -2.22. The molecule has 1 aromatic carbocycles. The highest BCUT2D eigenvalue weighted by molar-refractivity contribution is 7.12. The summed E-state index contributed by atoms with van der Waals surface area (Å²) in [5.41, 5.74) is 1.96. The Balaban J connectivity index is 1.42. The minimum Gasteiger partial charge on any atom is -0.390 e. The van der Waals surface area contributed by atoms with Gasteiger partial charge in [0.2, 0.25) is 5.91 Å². The van der Waals surface area contributed by atoms with E-state index < -0.39 is 6.10 Å². The average molecular weight is 412 g/mol. The van der Waals surface area contributed by atoms with Crippen molar-refractivity contribution in [3.8, 4) is 0 Å². The molecule has 3 heterocycles. The summed E-state index contributed by atoms with van der Waals surface area (Å²) in [5, 5.41) is 16.4. The number of carbonyl (C=O) groups excluding carboxylic acids is 2. The molecule has 152 valence electrons. The second kappa shape index (κ2) is 7.23. The first-order valence-electron chi connectivity index (χ1n) is 10.2. The Labute approximate surface area is 174 Å². The molecule has 2 fully saturated rings. The summed E-state index contributed by atoms with van der Waals surface area (Å²) >= 11 is 1.47. The Morgan fingerprint density at radius 1 is 1.14 bits per heavy atom. The molecule has 3 aliphatic rings. The molecule has 29 heavy (non-hydrogen) atoms. The van der Waals surface area contributed by atoms with Crippen LogP contribution in [0.1, 0.15) is 39.7 Å². The van der Waals surface area contributed by atoms with Crippen molar-refractivity contribution < 1.29 is 14.7 Å². The first-order chi connectivity index (χ1) is 14.1. The molecule has 2 aliphatic heterocycles. The van der Waals surface area contributed by atoms with Gasteiger partial charge in [-0.25, -0.2) is 0 Å². The summed E-state index contributed by atoms with van der Waals surface area (Å²) in [6, 6.07) is 11.9. The van der Waals surface area contributed by atoms with Gasteiger partial charge in [-0.15, -0.1) is 11.3 Å². The summed E-state index contributed by atoms with van der Waals surface area (Å²) < 4.78 is 0. The van der Waals surface area contributed by atoms with Gasteiger partial charge in [0.15, 0.2) is 0 Å². The van der Waals surface area contributed by atoms with E-state index in [0.717, 1.165) is 29.8 Å². The maximum absolute atomic E-state index is 12.8. The number of thiophene rings is 1. The van der Waals surface area contributed by atoms with E-state index in [2.05, 4.69) is 22.3 Å². The summed E-state index contributed by atoms with van der Waals surface area (Å²) in [4.78, 5) is 29.5. The van der Waals surface area contributed by atoms with Crippen molar-refractivity contribution in [2.75, 3.05) is 32.7 Å². The molecule has 2 aromatic rings. The number of nitrogens with zero attached hydrogens (tertiary/aromatic N) is 2. The molecule has 1 aliphatic carbocycles. The number of amides is 2. The molecule has 7 heteroatoms. The molecule has 2 saturated heterocycles. The number of rotatable bonds is 2. The van der Waals surface area contributed by atoms with Gasteiger partial charge >= 0.3 is 0 Å². The minimum atomic E-state index is -0.579. The van der Waals surface area contributed by atoms with Gasteiger partial charge in [0.1, 0.15) is 0 Å². The third kappa shape index (κ3) is 2.99. The highest BCUT2D eigenvalue weighted by Crippen LogP contribution is 2.52. The smallest absolute Gasteiger partial charge is 0.263 e. The van der Waals surface area contributed by atoms with E-state index in [0.29, 0.717) is 26.2 Å². The highest BCUT2D eigenvalue weighted by Gasteiger charge is 2.54. The van der Waals surface area contributed by atoms with E-state index in [9.17, 15) is 14.7 Å². The van der Waals surface area contributed by atoms with Crippen molar-refractivity contribution in [3.63, 3.8) is 0 Å². The Morgan fingerprint density at radius 2 is 1.93 bits per heavy atom. The number of aliphatic hydroxyl groups is 1. The second-order valence-electron chi connectivity index (χ2n) is 8.22. The highest BCUT2D eigenvalue weighted by atomic mass is 32.1. The summed E-state index contributed by atoms with van der Waals surface area (Å²) in [6.07, 6.45) is 0.891. The maximum Gasteiger partial charge on any atom is 0.263 e. The van der Waals surface area contributed by atoms with E-state index in [1.54, 1.807) is 0 Å². The number of aliphatic hydroxyl groups excluding tert-OH is 1. The van der Waals surface area contributed by atoms with Crippen molar-refractivity contribution in [2.45, 2.75) is 30.4 Å². The van der Waals surface area contributed by atoms with Crippen LogP contribution in [0.5, 0.6) is 0 Å². The molecule has 2 amide bonds. The van der Waals surface area contributed by atoms with E-state index in [-0.39, 0.29) is 23.3 Å². The van der Waals surface area contributed by atoms with Crippen molar-refractivity contribution in [1.29, 1.82) is 0 Å². The molecule has 0 bridgehead atoms. The van der Waals surface area contributed by atoms with E-state index in [1.165, 1.54) is 16.9 Å². The first-order valence-corrected chi connectivity index (χ1v) is 11.1. The van der Waals surface area contributed by atoms with Crippen molar-refractivity contribution >= 4 is 23.2 Å². The van der Waals surface area contributed by atoms with Crippen molar-refractivity contribution in [3.05, 3.63) is 57.8 Å². The number of piperazine rings is 1. The van der Waals surface area contributed by atoms with Gasteiger partial charge in [0.25, 0.3) is 5.91 Å². The second-order valence-corrected chi connectivity index (χ2v) is 9.17. The predicted molar refractivity (Wildman–Crippen MR) is 111 cm³/mol. The molecule has 5 rings (SSSR count). The predicted octanol–water partition coefficient (Wildman–Crippen LogP) is 1.77. The number of hydrogen-bond acceptors (Lipinski definition) is 5. The molecule has 0 radical (unpaired) electrons. The zero-order valence-corrected chi connectivity index (χ0v) is 17.0. The Morgan fingerprint density at radius 3 is 2.66 bits per heavy atom. The SMILES string of the molecule is O=C1CN([C@@H]2c3ccccc3C3(CCN(C(=O)c4cccs4)CC3)[C@H]2O)CCN1. The maximum atomic E-state index is 12.8. The van der Waals surface area contributed by atoms with Crippen LogP contribution in [0.15, 0.2) is 41.8 Å². The number of hydrogen-bond donors (Lipinski definition) is 2. The fourth-order valence-corrected chi connectivity index (χ4v) is 6.05. The van der Waals surface area contributed by atoms with Gasteiger partial charge < -0.3 is 15.3 Å². The summed E-state index contributed by atoms with van der Waals surface area (Å²) in [6.45, 7) is 2.93. The van der Waals surface area contributed by atoms with E-state index >= 15 is 0 Å². The van der Waals surface area contributed by atoms with E-state index in [4.69, 9.17) is 0 Å². The monoisotopic (exact) mass is 411 g/mol. The molecular formula is C22H25N3O3S. The summed E-state index contributed by atoms with van der Waals surface area (Å²) in [7, 11) is 0. The number of fused-ring (bicyclic) bond motifs is 2. The normalized spacial score (nSPS) is 26.4. The van der Waals surface area contributed by atoms with Gasteiger partial charge in [0, 0.05) is 31.6 Å². The van der Waals surface area contributed by atoms with Gasteiger partial charge in [-0.3, -0.25) is 14.5 Å². The van der Waals surface area contributed by atoms with Gasteiger partial charge in [0.05, 0.1) is 23.6 Å². The zero-order chi connectivity index (χ0) is 20.0. The van der Waals surface area contributed by atoms with E-state index in [1.807, 2.05) is 34.5 Å². The number of carbonyl (C=O) groups is 2. The lowest BCUT2D eigenvalue weighted by Gasteiger charge is -2.44. The molecule has 0 unspecified atom stereocenters. The average Bonchev–Trinajstić information content (AvgIpc) is 3.35. The lowest BCUT2D eigenvalue weighted by Crippen LogP contribution is -2.54. The molecule has 1 aromatic heterocycles. The number of benzene rings is 1. The Bertz CT molecular complexity index is 921. The number of nitrogens with one attached hydrogen (secondary N) is 1. The quantitative estimate of drug-likeness (QED) is 0.790. The zero-order valence-electron chi connectivity index (χ0n) is 16.2. The standard InChI is InChI=1S/C22H25N3O3S/c26-18-14-25(12-9-23-18)19-15-4-1-2-5-16(15)22(20(19)27)7-10-24(11-8-22)21(28)17-6-3-13-29-17/h1-6,13,19-20,27H,7-12,14H2,(H,23,26)/t19-,20+/m1/s1. The fraction of sp³-hybridized carbons (Fsp3) is 0.455.